The Morgan fingerprint density at radius 2 is 1.71 bits per heavy atom. The third-order valence-corrected chi connectivity index (χ3v) is 6.78. The number of hydrogen-bond acceptors (Lipinski definition) is 5. The van der Waals surface area contributed by atoms with E-state index >= 15 is 0 Å². The third-order valence-electron chi connectivity index (χ3n) is 5.63. The third kappa shape index (κ3) is 4.22. The van der Waals surface area contributed by atoms with E-state index in [1.165, 1.54) is 6.07 Å². The summed E-state index contributed by atoms with van der Waals surface area (Å²) in [6.07, 6.45) is 2.97. The molecule has 2 amide bonds. The molecule has 1 aromatic rings. The summed E-state index contributed by atoms with van der Waals surface area (Å²) in [6.45, 7) is 7.11. The number of amides is 2. The van der Waals surface area contributed by atoms with Crippen LogP contribution in [-0.2, 0) is 14.6 Å². The predicted molar refractivity (Wildman–Crippen MR) is 107 cm³/mol. The van der Waals surface area contributed by atoms with E-state index < -0.39 is 9.84 Å². The maximum atomic E-state index is 12.9. The van der Waals surface area contributed by atoms with E-state index in [4.69, 9.17) is 0 Å². The average molecular weight is 408 g/mol. The van der Waals surface area contributed by atoms with E-state index in [1.54, 1.807) is 23.1 Å². The topological polar surface area (TPSA) is 78.0 Å². The van der Waals surface area contributed by atoms with Gasteiger partial charge >= 0.3 is 0 Å². The zero-order chi connectivity index (χ0) is 20.5. The summed E-state index contributed by atoms with van der Waals surface area (Å²) in [5, 5.41) is 0. The smallest absolute Gasteiger partial charge is 0.255 e. The maximum absolute atomic E-state index is 12.9. The van der Waals surface area contributed by atoms with Gasteiger partial charge in [-0.25, -0.2) is 8.42 Å². The number of piperazine rings is 1. The molecular weight excluding hydrogens is 378 g/mol. The summed E-state index contributed by atoms with van der Waals surface area (Å²) in [7, 11) is -3.47. The van der Waals surface area contributed by atoms with Gasteiger partial charge in [-0.15, -0.1) is 0 Å². The normalized spacial score (nSPS) is 22.0. The largest absolute Gasteiger partial charge is 0.339 e. The summed E-state index contributed by atoms with van der Waals surface area (Å²) in [4.78, 5) is 31.6. The highest BCUT2D eigenvalue weighted by atomic mass is 32.2. The fourth-order valence-corrected chi connectivity index (χ4v) is 4.99. The molecule has 0 N–H and O–H groups in total. The van der Waals surface area contributed by atoms with E-state index in [0.29, 0.717) is 26.2 Å². The maximum Gasteiger partial charge on any atom is 0.255 e. The lowest BCUT2D eigenvalue weighted by molar-refractivity contribution is -0.142. The molecule has 154 valence electrons. The SMILES string of the molecule is CC(C)N1CCC[C@@H](N2CCN(C(=O)c3ccccc3S(C)(=O)=O)CC2)C1=O. The fraction of sp³-hybridized carbons (Fsp3) is 0.600. The van der Waals surface area contributed by atoms with Crippen LogP contribution in [0, 0.1) is 0 Å². The average Bonchev–Trinajstić information content (AvgIpc) is 2.67. The first-order valence-corrected chi connectivity index (χ1v) is 11.7. The Morgan fingerprint density at radius 3 is 2.32 bits per heavy atom. The van der Waals surface area contributed by atoms with E-state index in [0.717, 1.165) is 25.6 Å². The van der Waals surface area contributed by atoms with Gasteiger partial charge in [0.2, 0.25) is 5.91 Å². The quantitative estimate of drug-likeness (QED) is 0.751. The summed E-state index contributed by atoms with van der Waals surface area (Å²) in [6, 6.07) is 6.43. The molecular formula is C20H29N3O4S. The van der Waals surface area contributed by atoms with Gasteiger partial charge in [-0.1, -0.05) is 12.1 Å². The van der Waals surface area contributed by atoms with Gasteiger partial charge < -0.3 is 9.80 Å². The molecule has 1 atom stereocenters. The number of carbonyl (C=O) groups excluding carboxylic acids is 2. The van der Waals surface area contributed by atoms with Crippen LogP contribution in [0.4, 0.5) is 0 Å². The Labute approximate surface area is 167 Å². The lowest BCUT2D eigenvalue weighted by atomic mass is 10.0. The first-order chi connectivity index (χ1) is 13.2. The number of likely N-dealkylation sites (tertiary alicyclic amines) is 1. The van der Waals surface area contributed by atoms with Gasteiger partial charge in [-0.05, 0) is 38.8 Å². The molecule has 7 nitrogen and oxygen atoms in total. The highest BCUT2D eigenvalue weighted by Crippen LogP contribution is 2.22. The molecule has 0 aliphatic carbocycles. The van der Waals surface area contributed by atoms with Gasteiger partial charge in [-0.2, -0.15) is 0 Å². The zero-order valence-electron chi connectivity index (χ0n) is 16.8. The fourth-order valence-electron chi connectivity index (χ4n) is 4.11. The zero-order valence-corrected chi connectivity index (χ0v) is 17.6. The molecule has 2 saturated heterocycles. The molecule has 2 aliphatic heterocycles. The molecule has 1 aromatic carbocycles. The van der Waals surface area contributed by atoms with Crippen molar-refractivity contribution in [3.05, 3.63) is 29.8 Å². The van der Waals surface area contributed by atoms with Crippen LogP contribution in [0.1, 0.15) is 37.0 Å². The second-order valence-corrected chi connectivity index (χ2v) is 9.86. The summed E-state index contributed by atoms with van der Waals surface area (Å²) < 4.78 is 24.0. The van der Waals surface area contributed by atoms with Crippen LogP contribution in [0.3, 0.4) is 0 Å². The Kier molecular flexibility index (Phi) is 6.09. The van der Waals surface area contributed by atoms with Gasteiger partial charge in [0.05, 0.1) is 16.5 Å². The molecule has 0 spiro atoms. The molecule has 2 aliphatic rings. The van der Waals surface area contributed by atoms with Crippen molar-refractivity contribution >= 4 is 21.7 Å². The van der Waals surface area contributed by atoms with Crippen LogP contribution in [-0.4, -0.2) is 86.0 Å². The second kappa shape index (κ2) is 8.21. The van der Waals surface area contributed by atoms with Crippen LogP contribution in [0.15, 0.2) is 29.2 Å². The van der Waals surface area contributed by atoms with Crippen molar-refractivity contribution in [2.24, 2.45) is 0 Å². The summed E-state index contributed by atoms with van der Waals surface area (Å²) in [5.74, 6) is -0.0806. The number of carbonyl (C=O) groups is 2. The van der Waals surface area contributed by atoms with Crippen molar-refractivity contribution in [1.29, 1.82) is 0 Å². The van der Waals surface area contributed by atoms with Crippen LogP contribution >= 0.6 is 0 Å². The Hall–Kier alpha value is -1.93. The van der Waals surface area contributed by atoms with E-state index in [1.807, 2.05) is 18.7 Å². The number of benzene rings is 1. The van der Waals surface area contributed by atoms with Crippen molar-refractivity contribution in [3.63, 3.8) is 0 Å². The molecule has 0 aromatic heterocycles. The highest BCUT2D eigenvalue weighted by molar-refractivity contribution is 7.90. The minimum atomic E-state index is -3.47. The van der Waals surface area contributed by atoms with Crippen molar-refractivity contribution in [1.82, 2.24) is 14.7 Å². The van der Waals surface area contributed by atoms with Crippen molar-refractivity contribution in [3.8, 4) is 0 Å². The summed E-state index contributed by atoms with van der Waals surface area (Å²) >= 11 is 0. The molecule has 0 saturated carbocycles. The van der Waals surface area contributed by atoms with Crippen LogP contribution < -0.4 is 0 Å². The lowest BCUT2D eigenvalue weighted by Gasteiger charge is -2.43. The molecule has 0 radical (unpaired) electrons. The Balaban J connectivity index is 1.68. The van der Waals surface area contributed by atoms with E-state index in [9.17, 15) is 18.0 Å². The number of piperidine rings is 1. The Bertz CT molecular complexity index is 845. The van der Waals surface area contributed by atoms with E-state index in [2.05, 4.69) is 4.90 Å². The monoisotopic (exact) mass is 407 g/mol. The minimum absolute atomic E-state index is 0.0671. The molecule has 8 heteroatoms. The number of rotatable bonds is 4. The first-order valence-electron chi connectivity index (χ1n) is 9.83. The number of nitrogens with zero attached hydrogens (tertiary/aromatic N) is 3. The molecule has 2 heterocycles. The van der Waals surface area contributed by atoms with Crippen molar-refractivity contribution in [2.45, 2.75) is 43.7 Å². The van der Waals surface area contributed by atoms with Crippen LogP contribution in [0.25, 0.3) is 0 Å². The van der Waals surface area contributed by atoms with Gasteiger partial charge in [0.25, 0.3) is 5.91 Å². The molecule has 0 bridgehead atoms. The second-order valence-electron chi connectivity index (χ2n) is 7.88. The van der Waals surface area contributed by atoms with Gasteiger partial charge in [0.15, 0.2) is 9.84 Å². The molecule has 2 fully saturated rings. The first kappa shape index (κ1) is 20.8. The van der Waals surface area contributed by atoms with Gasteiger partial charge in [-0.3, -0.25) is 14.5 Å². The summed E-state index contributed by atoms with van der Waals surface area (Å²) in [5.41, 5.74) is 0.221. The van der Waals surface area contributed by atoms with Gasteiger partial charge in [0, 0.05) is 45.0 Å². The number of sulfone groups is 1. The van der Waals surface area contributed by atoms with Crippen molar-refractivity contribution < 1.29 is 18.0 Å². The standard InChI is InChI=1S/C20H29N3O4S/c1-15(2)23-10-6-8-17(20(23)25)21-11-13-22(14-12-21)19(24)16-7-4-5-9-18(16)28(3,26)27/h4-5,7,9,15,17H,6,8,10-14H2,1-3H3/t17-/m1/s1. The highest BCUT2D eigenvalue weighted by Gasteiger charge is 2.36. The molecule has 3 rings (SSSR count). The molecule has 0 unspecified atom stereocenters. The minimum Gasteiger partial charge on any atom is -0.339 e. The lowest BCUT2D eigenvalue weighted by Crippen LogP contribution is -2.59. The van der Waals surface area contributed by atoms with Crippen molar-refractivity contribution in [2.75, 3.05) is 39.0 Å². The Morgan fingerprint density at radius 1 is 1.07 bits per heavy atom. The predicted octanol–water partition coefficient (Wildman–Crippen LogP) is 1.25. The van der Waals surface area contributed by atoms with E-state index in [-0.39, 0.29) is 34.4 Å². The number of hydrogen-bond donors (Lipinski definition) is 0. The van der Waals surface area contributed by atoms with Gasteiger partial charge in [0.1, 0.15) is 0 Å². The van der Waals surface area contributed by atoms with Crippen LogP contribution in [0.5, 0.6) is 0 Å². The molecule has 28 heavy (non-hydrogen) atoms. The van der Waals surface area contributed by atoms with Crippen LogP contribution in [0.2, 0.25) is 0 Å².